The first-order valence-corrected chi connectivity index (χ1v) is 11.9. The number of anilines is 1. The summed E-state index contributed by atoms with van der Waals surface area (Å²) >= 11 is 6.63. The number of hydrogen-bond acceptors (Lipinski definition) is 4. The first kappa shape index (κ1) is 22.8. The number of halogens is 2. The molecule has 1 aliphatic heterocycles. The van der Waals surface area contributed by atoms with Crippen LogP contribution in [0.5, 0.6) is 0 Å². The lowest BCUT2D eigenvalue weighted by Crippen LogP contribution is -2.44. The van der Waals surface area contributed by atoms with E-state index in [1.807, 2.05) is 48.5 Å². The molecule has 0 amide bonds. The summed E-state index contributed by atoms with van der Waals surface area (Å²) in [5.74, 6) is 0.716. The van der Waals surface area contributed by atoms with Gasteiger partial charge in [0, 0.05) is 36.8 Å². The van der Waals surface area contributed by atoms with Gasteiger partial charge in [0.15, 0.2) is 0 Å². The molecule has 5 rings (SSSR count). The summed E-state index contributed by atoms with van der Waals surface area (Å²) in [6.45, 7) is 7.56. The number of aryl methyl sites for hydroxylation is 2. The smallest absolute Gasteiger partial charge is 0.206 e. The number of fused-ring (bicyclic) bond motifs is 1. The van der Waals surface area contributed by atoms with Crippen LogP contribution in [0.2, 0.25) is 5.02 Å². The third-order valence-corrected chi connectivity index (χ3v) is 6.73. The van der Waals surface area contributed by atoms with Crippen LogP contribution in [0.25, 0.3) is 22.2 Å². The van der Waals surface area contributed by atoms with Crippen molar-refractivity contribution in [1.82, 2.24) is 14.9 Å². The molecule has 5 nitrogen and oxygen atoms in total. The molecule has 0 atom stereocenters. The Morgan fingerprint density at radius 3 is 2.44 bits per heavy atom. The van der Waals surface area contributed by atoms with Gasteiger partial charge >= 0.3 is 0 Å². The molecule has 3 aromatic carbocycles. The van der Waals surface area contributed by atoms with Crippen molar-refractivity contribution in [2.45, 2.75) is 27.0 Å². The summed E-state index contributed by atoms with van der Waals surface area (Å²) in [4.78, 5) is 7.42. The number of aromatic nitrogens is 2. The van der Waals surface area contributed by atoms with Crippen molar-refractivity contribution in [2.24, 2.45) is 0 Å². The highest BCUT2D eigenvalue weighted by Crippen LogP contribution is 2.36. The third kappa shape index (κ3) is 4.17. The molecule has 1 aliphatic rings. The zero-order chi connectivity index (χ0) is 23.8. The Bertz CT molecular complexity index is 1340. The van der Waals surface area contributed by atoms with Crippen LogP contribution >= 0.6 is 11.6 Å². The molecule has 1 aromatic heterocycles. The molecule has 0 aliphatic carbocycles. The Morgan fingerprint density at radius 1 is 1.03 bits per heavy atom. The van der Waals surface area contributed by atoms with Crippen LogP contribution in [-0.2, 0) is 13.2 Å². The van der Waals surface area contributed by atoms with E-state index >= 15 is 0 Å². The zero-order valence-corrected chi connectivity index (χ0v) is 20.2. The number of aliphatic hydroxyl groups is 1. The second-order valence-corrected chi connectivity index (χ2v) is 9.35. The Balaban J connectivity index is 1.73. The molecule has 0 spiro atoms. The van der Waals surface area contributed by atoms with Crippen molar-refractivity contribution in [1.29, 1.82) is 0 Å². The van der Waals surface area contributed by atoms with Gasteiger partial charge < -0.3 is 19.9 Å². The van der Waals surface area contributed by atoms with Gasteiger partial charge in [0.2, 0.25) is 5.95 Å². The molecule has 0 radical (unpaired) electrons. The fourth-order valence-electron chi connectivity index (χ4n) is 4.87. The summed E-state index contributed by atoms with van der Waals surface area (Å²) in [7, 11) is 0. The summed E-state index contributed by atoms with van der Waals surface area (Å²) in [6.07, 6.45) is 0. The number of aliphatic hydroxyl groups excluding tert-OH is 1. The topological polar surface area (TPSA) is 53.3 Å². The molecule has 176 valence electrons. The number of nitrogens with zero attached hydrogens (tertiary/aromatic N) is 3. The fraction of sp³-hybridized carbons (Fsp3) is 0.296. The van der Waals surface area contributed by atoms with Gasteiger partial charge in [0.25, 0.3) is 0 Å². The normalized spacial score (nSPS) is 14.2. The van der Waals surface area contributed by atoms with Gasteiger partial charge in [-0.25, -0.2) is 9.37 Å². The quantitative estimate of drug-likeness (QED) is 0.421. The average Bonchev–Trinajstić information content (AvgIpc) is 3.20. The molecule has 2 N–H and O–H groups in total. The predicted octanol–water partition coefficient (Wildman–Crippen LogP) is 5.06. The first-order chi connectivity index (χ1) is 16.5. The van der Waals surface area contributed by atoms with Gasteiger partial charge in [-0.3, -0.25) is 0 Å². The molecule has 4 aromatic rings. The standard InChI is InChI=1S/C27H28ClFN4O/c1-17-11-19(12-18(2)25(17)29)15-33-24-14-21(28)13-23(22-6-4-3-5-20(22)16-34)26(24)31-27(33)32-9-7-30-8-10-32/h3-6,11-14,30,34H,7-10,15-16H2,1-2H3. The van der Waals surface area contributed by atoms with Crippen molar-refractivity contribution in [3.05, 3.63) is 81.6 Å². The first-order valence-electron chi connectivity index (χ1n) is 11.6. The Hall–Kier alpha value is -2.93. The Kier molecular flexibility index (Phi) is 6.30. The summed E-state index contributed by atoms with van der Waals surface area (Å²) in [6, 6.07) is 15.5. The molecular weight excluding hydrogens is 451 g/mol. The SMILES string of the molecule is Cc1cc(Cn2c(N3CCNCC3)nc3c(-c4ccccc4CO)cc(Cl)cc32)cc(C)c1F. The molecule has 2 heterocycles. The van der Waals surface area contributed by atoms with E-state index in [4.69, 9.17) is 16.6 Å². The summed E-state index contributed by atoms with van der Waals surface area (Å²) in [5.41, 5.74) is 6.70. The molecule has 34 heavy (non-hydrogen) atoms. The maximum Gasteiger partial charge on any atom is 0.206 e. The number of piperazine rings is 1. The van der Waals surface area contributed by atoms with E-state index in [1.54, 1.807) is 13.8 Å². The number of benzene rings is 3. The van der Waals surface area contributed by atoms with Gasteiger partial charge in [0.1, 0.15) is 5.82 Å². The van der Waals surface area contributed by atoms with Crippen LogP contribution in [0.1, 0.15) is 22.3 Å². The predicted molar refractivity (Wildman–Crippen MR) is 136 cm³/mol. The zero-order valence-electron chi connectivity index (χ0n) is 19.4. The van der Waals surface area contributed by atoms with Gasteiger partial charge in [-0.1, -0.05) is 48.0 Å². The second kappa shape index (κ2) is 9.37. The lowest BCUT2D eigenvalue weighted by atomic mass is 9.99. The monoisotopic (exact) mass is 478 g/mol. The van der Waals surface area contributed by atoms with E-state index in [1.165, 1.54) is 0 Å². The lowest BCUT2D eigenvalue weighted by Gasteiger charge is -2.29. The van der Waals surface area contributed by atoms with Crippen LogP contribution in [-0.4, -0.2) is 40.8 Å². The van der Waals surface area contributed by atoms with E-state index in [-0.39, 0.29) is 12.4 Å². The molecular formula is C27H28ClFN4O. The van der Waals surface area contributed by atoms with Crippen molar-refractivity contribution >= 4 is 28.6 Å². The highest BCUT2D eigenvalue weighted by molar-refractivity contribution is 6.31. The number of imidazole rings is 1. The minimum Gasteiger partial charge on any atom is -0.392 e. The van der Waals surface area contributed by atoms with E-state index in [0.717, 1.165) is 65.4 Å². The molecule has 0 saturated carbocycles. The highest BCUT2D eigenvalue weighted by Gasteiger charge is 2.23. The number of rotatable bonds is 5. The summed E-state index contributed by atoms with van der Waals surface area (Å²) in [5, 5.41) is 14.0. The summed E-state index contributed by atoms with van der Waals surface area (Å²) < 4.78 is 16.5. The van der Waals surface area contributed by atoms with Crippen molar-refractivity contribution in [3.63, 3.8) is 0 Å². The van der Waals surface area contributed by atoms with E-state index in [0.29, 0.717) is 22.7 Å². The number of hydrogen-bond donors (Lipinski definition) is 2. The van der Waals surface area contributed by atoms with Gasteiger partial charge in [0.05, 0.1) is 24.2 Å². The van der Waals surface area contributed by atoms with E-state index < -0.39 is 0 Å². The largest absolute Gasteiger partial charge is 0.392 e. The van der Waals surface area contributed by atoms with Crippen LogP contribution in [0, 0.1) is 19.7 Å². The average molecular weight is 479 g/mol. The van der Waals surface area contributed by atoms with Crippen LogP contribution in [0.4, 0.5) is 10.3 Å². The highest BCUT2D eigenvalue weighted by atomic mass is 35.5. The van der Waals surface area contributed by atoms with Crippen LogP contribution in [0.15, 0.2) is 48.5 Å². The molecule has 0 bridgehead atoms. The minimum atomic E-state index is -0.160. The van der Waals surface area contributed by atoms with E-state index in [2.05, 4.69) is 14.8 Å². The number of nitrogens with one attached hydrogen (secondary N) is 1. The van der Waals surface area contributed by atoms with Gasteiger partial charge in [-0.15, -0.1) is 0 Å². The fourth-order valence-corrected chi connectivity index (χ4v) is 5.09. The van der Waals surface area contributed by atoms with Crippen molar-refractivity contribution in [2.75, 3.05) is 31.1 Å². The van der Waals surface area contributed by atoms with Crippen LogP contribution in [0.3, 0.4) is 0 Å². The van der Waals surface area contributed by atoms with Gasteiger partial charge in [-0.2, -0.15) is 0 Å². The minimum absolute atomic E-state index is 0.0658. The molecule has 1 fully saturated rings. The Labute approximate surface area is 203 Å². The van der Waals surface area contributed by atoms with Gasteiger partial charge in [-0.05, 0) is 53.8 Å². The second-order valence-electron chi connectivity index (χ2n) is 8.91. The third-order valence-electron chi connectivity index (χ3n) is 6.51. The van der Waals surface area contributed by atoms with Crippen molar-refractivity contribution < 1.29 is 9.50 Å². The van der Waals surface area contributed by atoms with Crippen molar-refractivity contribution in [3.8, 4) is 11.1 Å². The maximum absolute atomic E-state index is 14.3. The Morgan fingerprint density at radius 2 is 1.74 bits per heavy atom. The molecule has 1 saturated heterocycles. The molecule has 0 unspecified atom stereocenters. The van der Waals surface area contributed by atoms with Crippen LogP contribution < -0.4 is 10.2 Å². The molecule has 7 heteroatoms. The maximum atomic E-state index is 14.3. The lowest BCUT2D eigenvalue weighted by molar-refractivity contribution is 0.282. The van der Waals surface area contributed by atoms with E-state index in [9.17, 15) is 9.50 Å².